The van der Waals surface area contributed by atoms with Crippen LogP contribution in [0.1, 0.15) is 19.3 Å². The molecule has 0 aromatic heterocycles. The van der Waals surface area contributed by atoms with Crippen LogP contribution in [0.2, 0.25) is 0 Å². The summed E-state index contributed by atoms with van der Waals surface area (Å²) in [7, 11) is -1.75. The van der Waals surface area contributed by atoms with Crippen molar-refractivity contribution in [1.29, 1.82) is 0 Å². The number of benzene rings is 1. The summed E-state index contributed by atoms with van der Waals surface area (Å²) < 4.78 is 75.7. The van der Waals surface area contributed by atoms with Crippen molar-refractivity contribution >= 4 is 10.0 Å². The van der Waals surface area contributed by atoms with E-state index in [9.17, 15) is 21.6 Å². The van der Waals surface area contributed by atoms with Gasteiger partial charge >= 0.3 is 6.18 Å². The minimum absolute atomic E-state index is 0.0164. The van der Waals surface area contributed by atoms with E-state index in [0.29, 0.717) is 17.1 Å². The van der Waals surface area contributed by atoms with Crippen molar-refractivity contribution < 1.29 is 31.1 Å². The monoisotopic (exact) mass is 353 g/mol. The van der Waals surface area contributed by atoms with Crippen LogP contribution in [-0.2, 0) is 10.0 Å². The maximum atomic E-state index is 13.2. The number of halogens is 3. The fourth-order valence-corrected chi connectivity index (χ4v) is 4.48. The van der Waals surface area contributed by atoms with Gasteiger partial charge in [0.25, 0.3) is 0 Å². The summed E-state index contributed by atoms with van der Waals surface area (Å²) >= 11 is 0. The number of alkyl halides is 3. The molecule has 0 spiro atoms. The predicted molar refractivity (Wildman–Crippen MR) is 77.1 cm³/mol. The van der Waals surface area contributed by atoms with Crippen LogP contribution in [-0.4, -0.2) is 45.7 Å². The zero-order valence-corrected chi connectivity index (χ0v) is 13.6. The molecule has 1 aromatic carbocycles. The number of piperidine rings is 1. The number of hydrogen-bond acceptors (Lipinski definition) is 4. The molecule has 23 heavy (non-hydrogen) atoms. The smallest absolute Gasteiger partial charge is 0.405 e. The highest BCUT2D eigenvalue weighted by Gasteiger charge is 2.49. The number of nitrogens with zero attached hydrogens (tertiary/aromatic N) is 1. The molecule has 1 aliphatic rings. The molecule has 130 valence electrons. The summed E-state index contributed by atoms with van der Waals surface area (Å²) in [6, 6.07) is 2.00. The van der Waals surface area contributed by atoms with Gasteiger partial charge in [0, 0.05) is 12.6 Å². The fraction of sp³-hybridized carbons (Fsp3) is 0.571. The second kappa shape index (κ2) is 6.56. The van der Waals surface area contributed by atoms with Gasteiger partial charge in [-0.05, 0) is 25.0 Å². The molecule has 0 radical (unpaired) electrons. The van der Waals surface area contributed by atoms with Gasteiger partial charge in [0.1, 0.15) is 22.4 Å². The summed E-state index contributed by atoms with van der Waals surface area (Å²) in [5.74, 6) is 0.210. The maximum absolute atomic E-state index is 13.2. The Hall–Kier alpha value is -1.48. The summed E-state index contributed by atoms with van der Waals surface area (Å²) in [4.78, 5) is -0.324. The van der Waals surface area contributed by atoms with Crippen LogP contribution < -0.4 is 9.47 Å². The average molecular weight is 353 g/mol. The second-order valence-corrected chi connectivity index (χ2v) is 7.04. The molecule has 1 unspecified atom stereocenters. The highest BCUT2D eigenvalue weighted by molar-refractivity contribution is 7.89. The summed E-state index contributed by atoms with van der Waals surface area (Å²) in [5, 5.41) is 0. The van der Waals surface area contributed by atoms with E-state index in [1.54, 1.807) is 0 Å². The standard InChI is InChI=1S/C14H18F3NO4S/c1-21-10-6-7-11(22-2)12(9-10)23(19,20)18-8-4-3-5-13(18)14(15,16)17/h6-7,9,13H,3-5,8H2,1-2H3. The SMILES string of the molecule is COc1ccc(OC)c(S(=O)(=O)N2CCCCC2C(F)(F)F)c1. The largest absolute Gasteiger partial charge is 0.497 e. The van der Waals surface area contributed by atoms with Crippen LogP contribution in [0.4, 0.5) is 13.2 Å². The number of rotatable bonds is 4. The zero-order valence-electron chi connectivity index (χ0n) is 12.8. The lowest BCUT2D eigenvalue weighted by Crippen LogP contribution is -2.51. The first-order valence-electron chi connectivity index (χ1n) is 7.02. The van der Waals surface area contributed by atoms with Crippen molar-refractivity contribution in [2.45, 2.75) is 36.4 Å². The third-order valence-corrected chi connectivity index (χ3v) is 5.72. The minimum Gasteiger partial charge on any atom is -0.497 e. The third-order valence-electron chi connectivity index (χ3n) is 3.79. The molecule has 1 atom stereocenters. The Morgan fingerprint density at radius 3 is 2.43 bits per heavy atom. The molecule has 1 saturated heterocycles. The molecule has 2 rings (SSSR count). The lowest BCUT2D eigenvalue weighted by Gasteiger charge is -2.35. The van der Waals surface area contributed by atoms with Gasteiger partial charge in [-0.1, -0.05) is 6.42 Å². The average Bonchev–Trinajstić information content (AvgIpc) is 2.53. The molecule has 1 aliphatic heterocycles. The predicted octanol–water partition coefficient (Wildman–Crippen LogP) is 2.81. The highest BCUT2D eigenvalue weighted by atomic mass is 32.2. The van der Waals surface area contributed by atoms with Crippen molar-refractivity contribution in [3.05, 3.63) is 18.2 Å². The van der Waals surface area contributed by atoms with Gasteiger partial charge in [-0.15, -0.1) is 0 Å². The van der Waals surface area contributed by atoms with Gasteiger partial charge in [0.15, 0.2) is 0 Å². The van der Waals surface area contributed by atoms with E-state index in [1.165, 1.54) is 32.4 Å². The molecule has 0 saturated carbocycles. The Morgan fingerprint density at radius 2 is 1.87 bits per heavy atom. The maximum Gasteiger partial charge on any atom is 0.405 e. The summed E-state index contributed by atoms with van der Waals surface area (Å²) in [6.45, 7) is -0.174. The van der Waals surface area contributed by atoms with Crippen LogP contribution in [0.25, 0.3) is 0 Å². The van der Waals surface area contributed by atoms with Gasteiger partial charge in [-0.2, -0.15) is 17.5 Å². The molecule has 5 nitrogen and oxygen atoms in total. The van der Waals surface area contributed by atoms with Crippen LogP contribution in [0, 0.1) is 0 Å². The van der Waals surface area contributed by atoms with Crippen molar-refractivity contribution in [3.63, 3.8) is 0 Å². The molecule has 0 aliphatic carbocycles. The van der Waals surface area contributed by atoms with Crippen LogP contribution >= 0.6 is 0 Å². The lowest BCUT2D eigenvalue weighted by molar-refractivity contribution is -0.177. The number of ether oxygens (including phenoxy) is 2. The number of hydrogen-bond donors (Lipinski definition) is 0. The van der Waals surface area contributed by atoms with E-state index in [4.69, 9.17) is 9.47 Å². The Kier molecular flexibility index (Phi) is 5.10. The van der Waals surface area contributed by atoms with Crippen molar-refractivity contribution in [1.82, 2.24) is 4.31 Å². The van der Waals surface area contributed by atoms with E-state index in [-0.39, 0.29) is 29.4 Å². The summed E-state index contributed by atoms with van der Waals surface area (Å²) in [5.41, 5.74) is 0. The highest BCUT2D eigenvalue weighted by Crippen LogP contribution is 2.38. The number of methoxy groups -OCH3 is 2. The molecular formula is C14H18F3NO4S. The van der Waals surface area contributed by atoms with E-state index in [0.717, 1.165) is 0 Å². The van der Waals surface area contributed by atoms with Crippen molar-refractivity contribution in [3.8, 4) is 11.5 Å². The zero-order chi connectivity index (χ0) is 17.3. The normalized spacial score (nSPS) is 20.3. The number of sulfonamides is 1. The Bertz CT molecular complexity index is 660. The first-order chi connectivity index (χ1) is 10.7. The van der Waals surface area contributed by atoms with Gasteiger partial charge in [-0.25, -0.2) is 8.42 Å². The van der Waals surface area contributed by atoms with Crippen LogP contribution in [0.3, 0.4) is 0 Å². The van der Waals surface area contributed by atoms with E-state index in [1.807, 2.05) is 0 Å². The van der Waals surface area contributed by atoms with E-state index < -0.39 is 22.2 Å². The molecule has 1 aromatic rings. The molecule has 9 heteroatoms. The van der Waals surface area contributed by atoms with E-state index >= 15 is 0 Å². The molecule has 0 amide bonds. The van der Waals surface area contributed by atoms with Gasteiger partial charge in [0.2, 0.25) is 10.0 Å². The first-order valence-corrected chi connectivity index (χ1v) is 8.46. The fourth-order valence-electron chi connectivity index (χ4n) is 2.63. The Labute approximate surface area is 133 Å². The topological polar surface area (TPSA) is 55.8 Å². The molecule has 0 bridgehead atoms. The molecular weight excluding hydrogens is 335 g/mol. The van der Waals surface area contributed by atoms with Crippen LogP contribution in [0.5, 0.6) is 11.5 Å². The van der Waals surface area contributed by atoms with E-state index in [2.05, 4.69) is 0 Å². The molecule has 1 fully saturated rings. The minimum atomic E-state index is -4.61. The van der Waals surface area contributed by atoms with Gasteiger partial charge in [0.05, 0.1) is 14.2 Å². The second-order valence-electron chi connectivity index (χ2n) is 5.19. The quantitative estimate of drug-likeness (QED) is 0.835. The van der Waals surface area contributed by atoms with Crippen LogP contribution in [0.15, 0.2) is 23.1 Å². The van der Waals surface area contributed by atoms with Gasteiger partial charge in [-0.3, -0.25) is 0 Å². The van der Waals surface area contributed by atoms with Gasteiger partial charge < -0.3 is 9.47 Å². The summed E-state index contributed by atoms with van der Waals surface area (Å²) in [6.07, 6.45) is -4.13. The van der Waals surface area contributed by atoms with Crippen molar-refractivity contribution in [2.75, 3.05) is 20.8 Å². The molecule has 0 N–H and O–H groups in total. The Morgan fingerprint density at radius 1 is 1.17 bits per heavy atom. The van der Waals surface area contributed by atoms with Crippen molar-refractivity contribution in [2.24, 2.45) is 0 Å². The molecule has 1 heterocycles. The lowest BCUT2D eigenvalue weighted by atomic mass is 10.0. The first kappa shape index (κ1) is 17.9. The third kappa shape index (κ3) is 3.55. The Balaban J connectivity index is 2.52.